The van der Waals surface area contributed by atoms with Gasteiger partial charge in [0.1, 0.15) is 18.2 Å². The number of hydrogen-bond acceptors (Lipinski definition) is 4. The molecule has 0 saturated heterocycles. The zero-order valence-electron chi connectivity index (χ0n) is 11.6. The van der Waals surface area contributed by atoms with Gasteiger partial charge in [0.2, 0.25) is 5.89 Å². The molecule has 5 nitrogen and oxygen atoms in total. The van der Waals surface area contributed by atoms with Gasteiger partial charge in [-0.05, 0) is 36.4 Å². The summed E-state index contributed by atoms with van der Waals surface area (Å²) in [5.41, 5.74) is 0.734. The summed E-state index contributed by atoms with van der Waals surface area (Å²) in [6, 6.07) is 14.8. The fraction of sp³-hybridized carbons (Fsp3) is 0.125. The lowest BCUT2D eigenvalue weighted by molar-refractivity contribution is 0.285. The van der Waals surface area contributed by atoms with Crippen LogP contribution in [-0.2, 0) is 6.54 Å². The molecule has 0 aliphatic heterocycles. The number of halogens is 1. The first-order chi connectivity index (χ1) is 10.7. The van der Waals surface area contributed by atoms with Crippen molar-refractivity contribution < 1.29 is 13.5 Å². The molecule has 1 aromatic heterocycles. The first-order valence-corrected chi connectivity index (χ1v) is 6.74. The maximum Gasteiger partial charge on any atom is 0.437 e. The van der Waals surface area contributed by atoms with Crippen LogP contribution in [0.15, 0.2) is 63.8 Å². The zero-order valence-corrected chi connectivity index (χ0v) is 11.6. The molecule has 0 radical (unpaired) electrons. The second-order valence-electron chi connectivity index (χ2n) is 4.56. The quantitative estimate of drug-likeness (QED) is 0.727. The van der Waals surface area contributed by atoms with Crippen LogP contribution < -0.4 is 10.5 Å². The number of rotatable bonds is 5. The molecule has 22 heavy (non-hydrogen) atoms. The summed E-state index contributed by atoms with van der Waals surface area (Å²) in [5.74, 6) is -0.0669. The third-order valence-corrected chi connectivity index (χ3v) is 3.01. The first-order valence-electron chi connectivity index (χ1n) is 6.74. The van der Waals surface area contributed by atoms with Gasteiger partial charge in [0.15, 0.2) is 0 Å². The molecule has 0 atom stereocenters. The summed E-state index contributed by atoms with van der Waals surface area (Å²) in [4.78, 5) is 11.7. The Hall–Kier alpha value is -2.89. The van der Waals surface area contributed by atoms with Gasteiger partial charge in [0.05, 0.1) is 6.54 Å². The lowest BCUT2D eigenvalue weighted by atomic mass is 10.2. The molecule has 0 aliphatic carbocycles. The molecule has 0 saturated carbocycles. The Morgan fingerprint density at radius 1 is 1.09 bits per heavy atom. The van der Waals surface area contributed by atoms with Crippen molar-refractivity contribution in [1.29, 1.82) is 0 Å². The predicted molar refractivity (Wildman–Crippen MR) is 78.1 cm³/mol. The lowest BCUT2D eigenvalue weighted by Crippen LogP contribution is -2.20. The molecular weight excluding hydrogens is 287 g/mol. The molecule has 0 N–H and O–H groups in total. The number of ether oxygens (including phenoxy) is 1. The second kappa shape index (κ2) is 6.26. The summed E-state index contributed by atoms with van der Waals surface area (Å²) in [6.45, 7) is 0.471. The van der Waals surface area contributed by atoms with Gasteiger partial charge in [-0.15, -0.1) is 5.10 Å². The topological polar surface area (TPSA) is 57.3 Å². The van der Waals surface area contributed by atoms with Gasteiger partial charge in [-0.1, -0.05) is 18.2 Å². The van der Waals surface area contributed by atoms with Gasteiger partial charge >= 0.3 is 5.76 Å². The number of aromatic nitrogens is 2. The minimum atomic E-state index is -0.540. The summed E-state index contributed by atoms with van der Waals surface area (Å²) in [7, 11) is 0. The van der Waals surface area contributed by atoms with Crippen LogP contribution in [0, 0.1) is 5.82 Å². The van der Waals surface area contributed by atoms with Crippen molar-refractivity contribution in [2.24, 2.45) is 0 Å². The molecule has 2 aromatic carbocycles. The first kappa shape index (κ1) is 14.1. The average molecular weight is 300 g/mol. The van der Waals surface area contributed by atoms with Crippen LogP contribution in [0.4, 0.5) is 4.39 Å². The fourth-order valence-corrected chi connectivity index (χ4v) is 1.93. The lowest BCUT2D eigenvalue weighted by Gasteiger charge is -2.04. The van der Waals surface area contributed by atoms with E-state index in [-0.39, 0.29) is 24.9 Å². The van der Waals surface area contributed by atoms with Crippen molar-refractivity contribution in [3.8, 4) is 17.2 Å². The molecule has 3 aromatic rings. The standard InChI is InChI=1S/C16H13FN2O3/c17-13-6-8-14(9-7-13)21-11-10-19-16(20)22-15(18-19)12-4-2-1-3-5-12/h1-9H,10-11H2. The number of benzene rings is 2. The highest BCUT2D eigenvalue weighted by Crippen LogP contribution is 2.14. The Kier molecular flexibility index (Phi) is 4.00. The van der Waals surface area contributed by atoms with E-state index in [9.17, 15) is 9.18 Å². The third kappa shape index (κ3) is 3.22. The second-order valence-corrected chi connectivity index (χ2v) is 4.56. The highest BCUT2D eigenvalue weighted by molar-refractivity contribution is 5.51. The Morgan fingerprint density at radius 2 is 1.82 bits per heavy atom. The molecule has 1 heterocycles. The Labute approximate surface area is 125 Å². The third-order valence-electron chi connectivity index (χ3n) is 3.01. The van der Waals surface area contributed by atoms with Gasteiger partial charge in [0.25, 0.3) is 0 Å². The molecule has 0 spiro atoms. The molecule has 0 fully saturated rings. The highest BCUT2D eigenvalue weighted by atomic mass is 19.1. The van der Waals surface area contributed by atoms with Gasteiger partial charge in [-0.3, -0.25) is 0 Å². The molecule has 6 heteroatoms. The maximum atomic E-state index is 12.8. The monoisotopic (exact) mass is 300 g/mol. The van der Waals surface area contributed by atoms with Gasteiger partial charge < -0.3 is 9.15 Å². The van der Waals surface area contributed by atoms with Crippen molar-refractivity contribution in [2.45, 2.75) is 6.54 Å². The average Bonchev–Trinajstić information content (AvgIpc) is 2.91. The summed E-state index contributed by atoms with van der Waals surface area (Å²) in [5, 5.41) is 4.12. The Bertz CT molecular complexity index is 794. The minimum Gasteiger partial charge on any atom is -0.492 e. The van der Waals surface area contributed by atoms with E-state index in [1.54, 1.807) is 0 Å². The molecule has 0 unspecified atom stereocenters. The van der Waals surface area contributed by atoms with Crippen molar-refractivity contribution in [1.82, 2.24) is 9.78 Å². The largest absolute Gasteiger partial charge is 0.492 e. The van der Waals surface area contributed by atoms with Crippen LogP contribution in [0.5, 0.6) is 5.75 Å². The zero-order chi connectivity index (χ0) is 15.4. The molecule has 0 bridgehead atoms. The van der Waals surface area contributed by atoms with E-state index in [1.165, 1.54) is 28.9 Å². The van der Waals surface area contributed by atoms with Crippen molar-refractivity contribution in [2.75, 3.05) is 6.61 Å². The Balaban J connectivity index is 1.65. The van der Waals surface area contributed by atoms with E-state index in [0.717, 1.165) is 5.56 Å². The molecular formula is C16H13FN2O3. The van der Waals surface area contributed by atoms with Gasteiger partial charge in [-0.25, -0.2) is 9.18 Å². The van der Waals surface area contributed by atoms with E-state index in [2.05, 4.69) is 5.10 Å². The number of nitrogens with zero attached hydrogens (tertiary/aromatic N) is 2. The van der Waals surface area contributed by atoms with Crippen LogP contribution >= 0.6 is 0 Å². The summed E-state index contributed by atoms with van der Waals surface area (Å²) >= 11 is 0. The number of hydrogen-bond donors (Lipinski definition) is 0. The summed E-state index contributed by atoms with van der Waals surface area (Å²) < 4.78 is 24.5. The van der Waals surface area contributed by atoms with E-state index in [0.29, 0.717) is 5.75 Å². The van der Waals surface area contributed by atoms with Crippen LogP contribution in [0.25, 0.3) is 11.5 Å². The van der Waals surface area contributed by atoms with E-state index < -0.39 is 5.76 Å². The Morgan fingerprint density at radius 3 is 2.55 bits per heavy atom. The van der Waals surface area contributed by atoms with Crippen molar-refractivity contribution in [3.05, 3.63) is 71.0 Å². The normalized spacial score (nSPS) is 10.6. The van der Waals surface area contributed by atoms with Crippen molar-refractivity contribution >= 4 is 0 Å². The van der Waals surface area contributed by atoms with E-state index in [4.69, 9.17) is 9.15 Å². The predicted octanol–water partition coefficient (Wildman–Crippen LogP) is 2.72. The van der Waals surface area contributed by atoms with Crippen LogP contribution in [0.3, 0.4) is 0 Å². The van der Waals surface area contributed by atoms with Crippen LogP contribution in [0.1, 0.15) is 0 Å². The van der Waals surface area contributed by atoms with Crippen LogP contribution in [0.2, 0.25) is 0 Å². The molecule has 3 rings (SSSR count). The molecule has 0 amide bonds. The van der Waals surface area contributed by atoms with E-state index >= 15 is 0 Å². The SMILES string of the molecule is O=c1oc(-c2ccccc2)nn1CCOc1ccc(F)cc1. The minimum absolute atomic E-state index is 0.228. The van der Waals surface area contributed by atoms with Gasteiger partial charge in [-0.2, -0.15) is 4.68 Å². The summed E-state index contributed by atoms with van der Waals surface area (Å²) in [6.07, 6.45) is 0. The van der Waals surface area contributed by atoms with E-state index in [1.807, 2.05) is 30.3 Å². The fourth-order valence-electron chi connectivity index (χ4n) is 1.93. The van der Waals surface area contributed by atoms with Crippen LogP contribution in [-0.4, -0.2) is 16.4 Å². The molecule has 112 valence electrons. The smallest absolute Gasteiger partial charge is 0.437 e. The maximum absolute atomic E-state index is 12.8. The highest BCUT2D eigenvalue weighted by Gasteiger charge is 2.09. The molecule has 0 aliphatic rings. The van der Waals surface area contributed by atoms with Gasteiger partial charge in [0, 0.05) is 5.56 Å². The van der Waals surface area contributed by atoms with Crippen molar-refractivity contribution in [3.63, 3.8) is 0 Å².